The summed E-state index contributed by atoms with van der Waals surface area (Å²) in [5.74, 6) is 0. The number of allylic oxidation sites excluding steroid dienone is 1. The molecule has 0 aliphatic rings. The van der Waals surface area contributed by atoms with Crippen molar-refractivity contribution in [3.8, 4) is 0 Å². The molecule has 0 aromatic carbocycles. The maximum absolute atomic E-state index is 3.36. The van der Waals surface area contributed by atoms with Crippen LogP contribution in [-0.2, 0) is 0 Å². The molecule has 0 radical (unpaired) electrons. The van der Waals surface area contributed by atoms with Gasteiger partial charge < -0.3 is 0 Å². The summed E-state index contributed by atoms with van der Waals surface area (Å²) < 4.78 is 0. The van der Waals surface area contributed by atoms with Gasteiger partial charge in [-0.1, -0.05) is 20.3 Å². The van der Waals surface area contributed by atoms with Crippen LogP contribution in [0, 0.1) is 0 Å². The number of hydrogen-bond donors (Lipinski definition) is 0. The second-order valence-corrected chi connectivity index (χ2v) is 2.83. The van der Waals surface area contributed by atoms with E-state index in [1.54, 1.807) is 0 Å². The second kappa shape index (κ2) is 5.32. The van der Waals surface area contributed by atoms with Gasteiger partial charge in [-0.2, -0.15) is 0 Å². The van der Waals surface area contributed by atoms with Crippen molar-refractivity contribution in [1.29, 1.82) is 0 Å². The molecule has 0 aliphatic heterocycles. The molecule has 0 saturated carbocycles. The van der Waals surface area contributed by atoms with E-state index in [1.807, 2.05) is 0 Å². The van der Waals surface area contributed by atoms with Crippen LogP contribution in [0.4, 0.5) is 0 Å². The van der Waals surface area contributed by atoms with E-state index in [4.69, 9.17) is 0 Å². The fraction of sp³-hybridized carbons (Fsp3) is 0.700. The zero-order valence-electron chi connectivity index (χ0n) is 7.62. The van der Waals surface area contributed by atoms with Crippen LogP contribution >= 0.6 is 0 Å². The molecule has 0 nitrogen and oxygen atoms in total. The Balaban J connectivity index is 4.18. The highest BCUT2D eigenvalue weighted by Gasteiger charge is 1.88. The molecule has 0 aromatic heterocycles. The van der Waals surface area contributed by atoms with Crippen molar-refractivity contribution < 1.29 is 0 Å². The Morgan fingerprint density at radius 3 is 2.10 bits per heavy atom. The minimum atomic E-state index is 1.15. The minimum absolute atomic E-state index is 1.15. The molecule has 0 rings (SSSR count). The molecule has 0 amide bonds. The van der Waals surface area contributed by atoms with Gasteiger partial charge in [0.25, 0.3) is 0 Å². The van der Waals surface area contributed by atoms with Crippen molar-refractivity contribution in [1.82, 2.24) is 0 Å². The molecule has 0 heterocycles. The minimum Gasteiger partial charge on any atom is -0.123 e. The van der Waals surface area contributed by atoms with Crippen LogP contribution in [0.3, 0.4) is 0 Å². The van der Waals surface area contributed by atoms with Gasteiger partial charge in [0.05, 0.1) is 0 Å². The van der Waals surface area contributed by atoms with Crippen LogP contribution < -0.4 is 0 Å². The van der Waals surface area contributed by atoms with E-state index >= 15 is 0 Å². The molecule has 0 spiro atoms. The Kier molecular flexibility index (Phi) is 5.06. The second-order valence-electron chi connectivity index (χ2n) is 2.83. The van der Waals surface area contributed by atoms with E-state index in [1.165, 1.54) is 24.0 Å². The fourth-order valence-electron chi connectivity index (χ4n) is 0.983. The lowest BCUT2D eigenvalue weighted by Gasteiger charge is -1.96. The lowest BCUT2D eigenvalue weighted by molar-refractivity contribution is 0.860. The number of rotatable bonds is 3. The van der Waals surface area contributed by atoms with Gasteiger partial charge >= 0.3 is 0 Å². The summed E-state index contributed by atoms with van der Waals surface area (Å²) in [6.07, 6.45) is 3.60. The maximum Gasteiger partial charge on any atom is -0.0247 e. The SMILES string of the molecule is CCCC(=C=C(C)C)CC. The Morgan fingerprint density at radius 1 is 1.20 bits per heavy atom. The van der Waals surface area contributed by atoms with E-state index in [2.05, 4.69) is 33.4 Å². The van der Waals surface area contributed by atoms with Crippen LogP contribution in [0.15, 0.2) is 16.9 Å². The van der Waals surface area contributed by atoms with E-state index in [0.717, 1.165) is 6.42 Å². The van der Waals surface area contributed by atoms with Gasteiger partial charge in [-0.15, -0.1) is 5.73 Å². The third-order valence-corrected chi connectivity index (χ3v) is 1.41. The molecule has 0 saturated heterocycles. The quantitative estimate of drug-likeness (QED) is 0.522. The average molecular weight is 138 g/mol. The molecule has 0 atom stereocenters. The van der Waals surface area contributed by atoms with Crippen LogP contribution in [0.2, 0.25) is 0 Å². The van der Waals surface area contributed by atoms with Crippen molar-refractivity contribution in [2.75, 3.05) is 0 Å². The van der Waals surface area contributed by atoms with Gasteiger partial charge in [-0.25, -0.2) is 0 Å². The zero-order chi connectivity index (χ0) is 7.98. The summed E-state index contributed by atoms with van der Waals surface area (Å²) in [6.45, 7) is 8.61. The van der Waals surface area contributed by atoms with E-state index in [-0.39, 0.29) is 0 Å². The largest absolute Gasteiger partial charge is 0.123 e. The molecular formula is C10H18. The Morgan fingerprint density at radius 2 is 1.80 bits per heavy atom. The molecule has 0 bridgehead atoms. The van der Waals surface area contributed by atoms with Crippen molar-refractivity contribution >= 4 is 0 Å². The van der Waals surface area contributed by atoms with Gasteiger partial charge in [0, 0.05) is 0 Å². The fourth-order valence-corrected chi connectivity index (χ4v) is 0.983. The summed E-state index contributed by atoms with van der Waals surface area (Å²) in [5, 5.41) is 0. The van der Waals surface area contributed by atoms with Crippen LogP contribution in [0.1, 0.15) is 47.0 Å². The molecule has 0 aromatic rings. The first-order chi connectivity index (χ1) is 4.70. The molecular weight excluding hydrogens is 120 g/mol. The highest BCUT2D eigenvalue weighted by Crippen LogP contribution is 2.07. The summed E-state index contributed by atoms with van der Waals surface area (Å²) >= 11 is 0. The van der Waals surface area contributed by atoms with Crippen molar-refractivity contribution in [3.05, 3.63) is 16.9 Å². The van der Waals surface area contributed by atoms with Crippen LogP contribution in [0.5, 0.6) is 0 Å². The molecule has 0 fully saturated rings. The summed E-state index contributed by atoms with van der Waals surface area (Å²) in [7, 11) is 0. The third kappa shape index (κ3) is 4.40. The highest BCUT2D eigenvalue weighted by atomic mass is 13.9. The number of hydrogen-bond acceptors (Lipinski definition) is 0. The summed E-state index contributed by atoms with van der Waals surface area (Å²) in [6, 6.07) is 0. The summed E-state index contributed by atoms with van der Waals surface area (Å²) in [5.41, 5.74) is 6.12. The van der Waals surface area contributed by atoms with Crippen molar-refractivity contribution in [3.63, 3.8) is 0 Å². The van der Waals surface area contributed by atoms with Crippen LogP contribution in [-0.4, -0.2) is 0 Å². The standard InChI is InChI=1S/C10H18/c1-5-7-10(6-2)8-9(3)4/h5-7H2,1-4H3. The van der Waals surface area contributed by atoms with Gasteiger partial charge in [-0.3, -0.25) is 0 Å². The molecule has 0 heteroatoms. The first kappa shape index (κ1) is 9.52. The predicted molar refractivity (Wildman–Crippen MR) is 47.1 cm³/mol. The molecule has 10 heavy (non-hydrogen) atoms. The van der Waals surface area contributed by atoms with Gasteiger partial charge in [0.1, 0.15) is 0 Å². The Labute approximate surface area is 64.6 Å². The summed E-state index contributed by atoms with van der Waals surface area (Å²) in [4.78, 5) is 0. The van der Waals surface area contributed by atoms with Crippen LogP contribution in [0.25, 0.3) is 0 Å². The topological polar surface area (TPSA) is 0 Å². The molecule has 0 aliphatic carbocycles. The van der Waals surface area contributed by atoms with E-state index in [0.29, 0.717) is 0 Å². The molecule has 0 N–H and O–H groups in total. The smallest absolute Gasteiger partial charge is 0.0247 e. The van der Waals surface area contributed by atoms with E-state index < -0.39 is 0 Å². The normalized spacial score (nSPS) is 8.80. The lowest BCUT2D eigenvalue weighted by Crippen LogP contribution is -1.77. The first-order valence-corrected chi connectivity index (χ1v) is 4.12. The van der Waals surface area contributed by atoms with Crippen molar-refractivity contribution in [2.45, 2.75) is 47.0 Å². The van der Waals surface area contributed by atoms with Gasteiger partial charge in [0.2, 0.25) is 0 Å². The maximum atomic E-state index is 3.36. The molecule has 58 valence electrons. The first-order valence-electron chi connectivity index (χ1n) is 4.12. The predicted octanol–water partition coefficient (Wildman–Crippen LogP) is 3.69. The monoisotopic (exact) mass is 138 g/mol. The lowest BCUT2D eigenvalue weighted by atomic mass is 10.1. The third-order valence-electron chi connectivity index (χ3n) is 1.41. The Bertz CT molecular complexity index is 141. The highest BCUT2D eigenvalue weighted by molar-refractivity contribution is 5.05. The molecule has 0 unspecified atom stereocenters. The van der Waals surface area contributed by atoms with Crippen molar-refractivity contribution in [2.24, 2.45) is 0 Å². The van der Waals surface area contributed by atoms with Gasteiger partial charge in [-0.05, 0) is 37.8 Å². The average Bonchev–Trinajstić information content (AvgIpc) is 1.86. The van der Waals surface area contributed by atoms with Gasteiger partial charge in [0.15, 0.2) is 0 Å². The van der Waals surface area contributed by atoms with E-state index in [9.17, 15) is 0 Å². The zero-order valence-corrected chi connectivity index (χ0v) is 7.62. The Hall–Kier alpha value is -0.480.